The van der Waals surface area contributed by atoms with E-state index in [1.807, 2.05) is 6.92 Å². The molecule has 15 heavy (non-hydrogen) atoms. The Balaban J connectivity index is 2.57. The van der Waals surface area contributed by atoms with Crippen LogP contribution in [-0.2, 0) is 14.6 Å². The summed E-state index contributed by atoms with van der Waals surface area (Å²) in [6.07, 6.45) is 4.49. The topological polar surface area (TPSA) is 51.2 Å². The minimum Gasteiger partial charge on any atom is -0.298 e. The summed E-state index contributed by atoms with van der Waals surface area (Å²) in [5, 5.41) is -0.386. The third kappa shape index (κ3) is 3.30. The number of Topliss-reactive ketones (excluding diaryl/α,β-unsaturated/α-hetero) is 1. The number of carbonyl (C=O) groups excluding carboxylic acids is 1. The van der Waals surface area contributed by atoms with Gasteiger partial charge in [-0.05, 0) is 26.2 Å². The van der Waals surface area contributed by atoms with Crippen LogP contribution < -0.4 is 0 Å². The van der Waals surface area contributed by atoms with Crippen LogP contribution >= 0.6 is 0 Å². The fraction of sp³-hybridized carbons (Fsp3) is 0.909. The molecule has 0 spiro atoms. The smallest absolute Gasteiger partial charge is 0.159 e. The number of hydrogen-bond donors (Lipinski definition) is 0. The van der Waals surface area contributed by atoms with E-state index in [0.717, 1.165) is 25.7 Å². The zero-order chi connectivity index (χ0) is 11.5. The van der Waals surface area contributed by atoms with Crippen LogP contribution in [0.1, 0.15) is 46.0 Å². The Morgan fingerprint density at radius 1 is 1.33 bits per heavy atom. The molecule has 1 aliphatic carbocycles. The Bertz CT molecular complexity index is 313. The minimum absolute atomic E-state index is 0.0174. The maximum absolute atomic E-state index is 11.7. The van der Waals surface area contributed by atoms with Crippen molar-refractivity contribution in [3.8, 4) is 0 Å². The van der Waals surface area contributed by atoms with E-state index in [-0.39, 0.29) is 22.7 Å². The van der Waals surface area contributed by atoms with Gasteiger partial charge in [-0.1, -0.05) is 19.8 Å². The molecule has 0 bridgehead atoms. The number of carbonyl (C=O) groups is 1. The fourth-order valence-corrected chi connectivity index (χ4v) is 3.38. The van der Waals surface area contributed by atoms with Gasteiger partial charge in [0.1, 0.15) is 5.75 Å². The van der Waals surface area contributed by atoms with E-state index < -0.39 is 9.84 Å². The first-order valence-corrected chi connectivity index (χ1v) is 7.43. The predicted molar refractivity (Wildman–Crippen MR) is 60.5 cm³/mol. The van der Waals surface area contributed by atoms with Gasteiger partial charge in [-0.3, -0.25) is 4.79 Å². The van der Waals surface area contributed by atoms with Gasteiger partial charge in [-0.25, -0.2) is 8.42 Å². The molecule has 1 rings (SSSR count). The fourth-order valence-electron chi connectivity index (χ4n) is 1.96. The van der Waals surface area contributed by atoms with Gasteiger partial charge in [-0.15, -0.1) is 0 Å². The van der Waals surface area contributed by atoms with E-state index >= 15 is 0 Å². The molecule has 0 aromatic heterocycles. The molecule has 4 heteroatoms. The van der Waals surface area contributed by atoms with Gasteiger partial charge in [0.15, 0.2) is 15.6 Å². The SMILES string of the molecule is CCC(C)S(=O)(=O)CC(=O)C1CCCC1. The maximum atomic E-state index is 11.7. The standard InChI is InChI=1S/C11H20O3S/c1-3-9(2)15(13,14)8-11(12)10-6-4-5-7-10/h9-10H,3-8H2,1-2H3. The molecule has 0 N–H and O–H groups in total. The monoisotopic (exact) mass is 232 g/mol. The quantitative estimate of drug-likeness (QED) is 0.728. The normalized spacial score (nSPS) is 20.4. The van der Waals surface area contributed by atoms with Gasteiger partial charge < -0.3 is 0 Å². The van der Waals surface area contributed by atoms with Gasteiger partial charge >= 0.3 is 0 Å². The molecule has 1 atom stereocenters. The second kappa shape index (κ2) is 5.10. The zero-order valence-corrected chi connectivity index (χ0v) is 10.3. The molecule has 0 aromatic rings. The second-order valence-corrected chi connectivity index (χ2v) is 6.89. The highest BCUT2D eigenvalue weighted by atomic mass is 32.2. The third-order valence-corrected chi connectivity index (χ3v) is 5.59. The molecular weight excluding hydrogens is 212 g/mol. The summed E-state index contributed by atoms with van der Waals surface area (Å²) in [5.41, 5.74) is 0. The Morgan fingerprint density at radius 3 is 2.33 bits per heavy atom. The van der Waals surface area contributed by atoms with Crippen molar-refractivity contribution < 1.29 is 13.2 Å². The van der Waals surface area contributed by atoms with Crippen molar-refractivity contribution >= 4 is 15.6 Å². The summed E-state index contributed by atoms with van der Waals surface area (Å²) in [4.78, 5) is 11.7. The van der Waals surface area contributed by atoms with Crippen LogP contribution in [0, 0.1) is 5.92 Å². The van der Waals surface area contributed by atoms with Crippen molar-refractivity contribution in [1.82, 2.24) is 0 Å². The molecule has 0 saturated heterocycles. The van der Waals surface area contributed by atoms with Gasteiger partial charge in [0.2, 0.25) is 0 Å². The summed E-state index contributed by atoms with van der Waals surface area (Å²) in [6.45, 7) is 3.51. The van der Waals surface area contributed by atoms with Gasteiger partial charge in [-0.2, -0.15) is 0 Å². The van der Waals surface area contributed by atoms with Crippen LogP contribution in [-0.4, -0.2) is 25.2 Å². The van der Waals surface area contributed by atoms with Crippen LogP contribution in [0.3, 0.4) is 0 Å². The summed E-state index contributed by atoms with van der Waals surface area (Å²) in [5.74, 6) is -0.288. The molecule has 0 heterocycles. The summed E-state index contributed by atoms with van der Waals surface area (Å²) < 4.78 is 23.4. The first kappa shape index (κ1) is 12.7. The van der Waals surface area contributed by atoms with E-state index in [1.165, 1.54) is 0 Å². The lowest BCUT2D eigenvalue weighted by molar-refractivity contribution is -0.120. The number of ketones is 1. The summed E-state index contributed by atoms with van der Waals surface area (Å²) in [6, 6.07) is 0. The number of hydrogen-bond acceptors (Lipinski definition) is 3. The number of sulfone groups is 1. The van der Waals surface area contributed by atoms with Crippen molar-refractivity contribution in [1.29, 1.82) is 0 Å². The van der Waals surface area contributed by atoms with E-state index in [4.69, 9.17) is 0 Å². The summed E-state index contributed by atoms with van der Waals surface area (Å²) in [7, 11) is -3.20. The van der Waals surface area contributed by atoms with E-state index in [0.29, 0.717) is 6.42 Å². The van der Waals surface area contributed by atoms with Crippen molar-refractivity contribution in [2.24, 2.45) is 5.92 Å². The molecule has 0 radical (unpaired) electrons. The lowest BCUT2D eigenvalue weighted by Gasteiger charge is -2.12. The van der Waals surface area contributed by atoms with Gasteiger partial charge in [0.05, 0.1) is 5.25 Å². The average Bonchev–Trinajstić information content (AvgIpc) is 2.68. The highest BCUT2D eigenvalue weighted by Crippen LogP contribution is 2.26. The lowest BCUT2D eigenvalue weighted by atomic mass is 10.0. The van der Waals surface area contributed by atoms with Crippen molar-refractivity contribution in [2.45, 2.75) is 51.2 Å². The lowest BCUT2D eigenvalue weighted by Crippen LogP contribution is -2.28. The Kier molecular flexibility index (Phi) is 4.32. The van der Waals surface area contributed by atoms with Crippen LogP contribution in [0.15, 0.2) is 0 Å². The largest absolute Gasteiger partial charge is 0.298 e. The van der Waals surface area contributed by atoms with Gasteiger partial charge in [0, 0.05) is 5.92 Å². The third-order valence-electron chi connectivity index (χ3n) is 3.34. The summed E-state index contributed by atoms with van der Waals surface area (Å²) >= 11 is 0. The molecule has 0 aliphatic heterocycles. The van der Waals surface area contributed by atoms with E-state index in [9.17, 15) is 13.2 Å². The Labute approximate surface area is 92.2 Å². The first-order valence-electron chi connectivity index (χ1n) is 5.71. The Morgan fingerprint density at radius 2 is 1.87 bits per heavy atom. The molecule has 88 valence electrons. The highest BCUT2D eigenvalue weighted by Gasteiger charge is 2.29. The van der Waals surface area contributed by atoms with E-state index in [2.05, 4.69) is 0 Å². The maximum Gasteiger partial charge on any atom is 0.159 e. The van der Waals surface area contributed by atoms with Crippen LogP contribution in [0.5, 0.6) is 0 Å². The predicted octanol–water partition coefficient (Wildman–Crippen LogP) is 1.96. The average molecular weight is 232 g/mol. The molecule has 3 nitrogen and oxygen atoms in total. The van der Waals surface area contributed by atoms with Crippen molar-refractivity contribution in [2.75, 3.05) is 5.75 Å². The van der Waals surface area contributed by atoms with Crippen molar-refractivity contribution in [3.05, 3.63) is 0 Å². The molecule has 0 amide bonds. The van der Waals surface area contributed by atoms with E-state index in [1.54, 1.807) is 6.92 Å². The van der Waals surface area contributed by atoms with Crippen LogP contribution in [0.25, 0.3) is 0 Å². The Hall–Kier alpha value is -0.380. The molecule has 1 fully saturated rings. The molecule has 0 aromatic carbocycles. The zero-order valence-electron chi connectivity index (χ0n) is 9.53. The van der Waals surface area contributed by atoms with Crippen LogP contribution in [0.4, 0.5) is 0 Å². The van der Waals surface area contributed by atoms with Crippen molar-refractivity contribution in [3.63, 3.8) is 0 Å². The molecule has 1 aliphatic rings. The number of rotatable bonds is 5. The minimum atomic E-state index is -3.20. The first-order chi connectivity index (χ1) is 6.97. The molecular formula is C11H20O3S. The highest BCUT2D eigenvalue weighted by molar-refractivity contribution is 7.92. The second-order valence-electron chi connectivity index (χ2n) is 4.47. The molecule has 1 saturated carbocycles. The molecule has 1 unspecified atom stereocenters. The van der Waals surface area contributed by atoms with Crippen LogP contribution in [0.2, 0.25) is 0 Å². The van der Waals surface area contributed by atoms with Gasteiger partial charge in [0.25, 0.3) is 0 Å².